The molecule has 0 aliphatic carbocycles. The largest absolute Gasteiger partial charge is 0.399 e. The quantitative estimate of drug-likeness (QED) is 0.836. The topological polar surface area (TPSA) is 29.3 Å². The van der Waals surface area contributed by atoms with Crippen LogP contribution in [0.25, 0.3) is 0 Å². The number of nitrogen functional groups attached to an aromatic ring is 1. The van der Waals surface area contributed by atoms with Gasteiger partial charge in [-0.1, -0.05) is 30.3 Å². The third kappa shape index (κ3) is 2.71. The molecule has 1 heterocycles. The number of nitrogens with two attached hydrogens (primary N) is 1. The molecule has 0 spiro atoms. The van der Waals surface area contributed by atoms with E-state index in [-0.39, 0.29) is 17.4 Å². The minimum absolute atomic E-state index is 0.00701. The van der Waals surface area contributed by atoms with E-state index in [0.717, 1.165) is 24.8 Å². The number of nitrogens with zero attached hydrogens (tertiary/aromatic N) is 1. The van der Waals surface area contributed by atoms with Gasteiger partial charge in [0, 0.05) is 12.2 Å². The van der Waals surface area contributed by atoms with Crippen molar-refractivity contribution in [3.05, 3.63) is 59.7 Å². The lowest BCUT2D eigenvalue weighted by Crippen LogP contribution is -2.34. The number of anilines is 2. The van der Waals surface area contributed by atoms with E-state index in [1.165, 1.54) is 12.1 Å². The van der Waals surface area contributed by atoms with E-state index in [9.17, 15) is 8.78 Å². The van der Waals surface area contributed by atoms with E-state index in [2.05, 4.69) is 0 Å². The molecule has 0 unspecified atom stereocenters. The van der Waals surface area contributed by atoms with Crippen molar-refractivity contribution in [2.75, 3.05) is 17.2 Å². The van der Waals surface area contributed by atoms with E-state index < -0.39 is 11.6 Å². The molecule has 110 valence electrons. The van der Waals surface area contributed by atoms with Crippen LogP contribution in [-0.2, 0) is 0 Å². The maximum Gasteiger partial charge on any atom is 0.151 e. The standard InChI is InChI=1S/C17H18F2N2/c18-14-10-13(20)11-15(19)17(14)21-9-5-4-8-16(21)12-6-2-1-3-7-12/h1-3,6-7,10-11,16H,4-5,8-9,20H2/t16-/m1/s1. The molecule has 1 aliphatic heterocycles. The number of benzene rings is 2. The Morgan fingerprint density at radius 2 is 1.67 bits per heavy atom. The molecule has 1 aliphatic rings. The Balaban J connectivity index is 2.03. The lowest BCUT2D eigenvalue weighted by molar-refractivity contribution is 0.454. The van der Waals surface area contributed by atoms with Gasteiger partial charge >= 0.3 is 0 Å². The summed E-state index contributed by atoms with van der Waals surface area (Å²) < 4.78 is 28.4. The molecule has 3 rings (SSSR count). The molecule has 4 heteroatoms. The van der Waals surface area contributed by atoms with E-state index in [0.29, 0.717) is 6.54 Å². The fourth-order valence-corrected chi connectivity index (χ4v) is 3.08. The number of hydrogen-bond acceptors (Lipinski definition) is 2. The van der Waals surface area contributed by atoms with Gasteiger partial charge in [0.25, 0.3) is 0 Å². The van der Waals surface area contributed by atoms with Crippen molar-refractivity contribution in [1.29, 1.82) is 0 Å². The molecule has 2 aromatic rings. The second kappa shape index (κ2) is 5.72. The van der Waals surface area contributed by atoms with Crippen molar-refractivity contribution >= 4 is 11.4 Å². The maximum atomic E-state index is 14.2. The first-order valence-electron chi connectivity index (χ1n) is 7.23. The van der Waals surface area contributed by atoms with Crippen LogP contribution in [-0.4, -0.2) is 6.54 Å². The van der Waals surface area contributed by atoms with Crippen molar-refractivity contribution in [2.24, 2.45) is 0 Å². The van der Waals surface area contributed by atoms with Crippen LogP contribution in [0.2, 0.25) is 0 Å². The minimum atomic E-state index is -0.588. The average molecular weight is 288 g/mol. The second-order valence-corrected chi connectivity index (χ2v) is 5.45. The van der Waals surface area contributed by atoms with Crippen LogP contribution in [0.5, 0.6) is 0 Å². The zero-order chi connectivity index (χ0) is 14.8. The Bertz CT molecular complexity index is 605. The van der Waals surface area contributed by atoms with Gasteiger partial charge in [-0.05, 0) is 37.0 Å². The Hall–Kier alpha value is -2.10. The molecule has 1 saturated heterocycles. The number of hydrogen-bond donors (Lipinski definition) is 1. The van der Waals surface area contributed by atoms with E-state index >= 15 is 0 Å². The summed E-state index contributed by atoms with van der Waals surface area (Å²) in [5.74, 6) is -1.18. The van der Waals surface area contributed by atoms with Crippen molar-refractivity contribution in [3.63, 3.8) is 0 Å². The lowest BCUT2D eigenvalue weighted by atomic mass is 9.94. The van der Waals surface area contributed by atoms with Crippen LogP contribution in [0.4, 0.5) is 20.2 Å². The Morgan fingerprint density at radius 1 is 1.00 bits per heavy atom. The van der Waals surface area contributed by atoms with Crippen molar-refractivity contribution in [2.45, 2.75) is 25.3 Å². The van der Waals surface area contributed by atoms with Crippen LogP contribution >= 0.6 is 0 Å². The third-order valence-corrected chi connectivity index (χ3v) is 4.01. The van der Waals surface area contributed by atoms with Crippen LogP contribution in [0.1, 0.15) is 30.9 Å². The summed E-state index contributed by atoms with van der Waals surface area (Å²) in [5, 5.41) is 0. The highest BCUT2D eigenvalue weighted by Gasteiger charge is 2.28. The Labute approximate surface area is 123 Å². The van der Waals surface area contributed by atoms with Gasteiger partial charge in [0.2, 0.25) is 0 Å². The Morgan fingerprint density at radius 3 is 2.33 bits per heavy atom. The van der Waals surface area contributed by atoms with Crippen LogP contribution < -0.4 is 10.6 Å². The normalized spacial score (nSPS) is 18.8. The highest BCUT2D eigenvalue weighted by Crippen LogP contribution is 2.38. The molecular weight excluding hydrogens is 270 g/mol. The number of rotatable bonds is 2. The van der Waals surface area contributed by atoms with Gasteiger partial charge in [-0.2, -0.15) is 0 Å². The molecule has 21 heavy (non-hydrogen) atoms. The molecule has 1 fully saturated rings. The molecule has 0 bridgehead atoms. The molecule has 2 N–H and O–H groups in total. The summed E-state index contributed by atoms with van der Waals surface area (Å²) in [6.45, 7) is 0.650. The first-order chi connectivity index (χ1) is 10.2. The lowest BCUT2D eigenvalue weighted by Gasteiger charge is -2.38. The molecule has 0 radical (unpaired) electrons. The fraction of sp³-hybridized carbons (Fsp3) is 0.294. The predicted molar refractivity (Wildman–Crippen MR) is 81.2 cm³/mol. The summed E-state index contributed by atoms with van der Waals surface area (Å²) in [6, 6.07) is 12.3. The highest BCUT2D eigenvalue weighted by atomic mass is 19.1. The monoisotopic (exact) mass is 288 g/mol. The first kappa shape index (κ1) is 13.9. The summed E-state index contributed by atoms with van der Waals surface area (Å²) in [5.41, 5.74) is 6.75. The SMILES string of the molecule is Nc1cc(F)c(N2CCCC[C@@H]2c2ccccc2)c(F)c1. The molecule has 0 saturated carbocycles. The van der Waals surface area contributed by atoms with Gasteiger partial charge in [0.1, 0.15) is 5.69 Å². The number of piperidine rings is 1. The average Bonchev–Trinajstić information content (AvgIpc) is 2.48. The van der Waals surface area contributed by atoms with Crippen molar-refractivity contribution in [3.8, 4) is 0 Å². The second-order valence-electron chi connectivity index (χ2n) is 5.45. The van der Waals surface area contributed by atoms with Gasteiger partial charge in [-0.15, -0.1) is 0 Å². The van der Waals surface area contributed by atoms with Gasteiger partial charge in [0.05, 0.1) is 6.04 Å². The zero-order valence-electron chi connectivity index (χ0n) is 11.7. The van der Waals surface area contributed by atoms with E-state index in [1.807, 2.05) is 35.2 Å². The summed E-state index contributed by atoms with van der Waals surface area (Å²) in [7, 11) is 0. The smallest absolute Gasteiger partial charge is 0.151 e. The van der Waals surface area contributed by atoms with E-state index in [1.54, 1.807) is 0 Å². The highest BCUT2D eigenvalue weighted by molar-refractivity contribution is 5.57. The van der Waals surface area contributed by atoms with Crippen molar-refractivity contribution in [1.82, 2.24) is 0 Å². The Kier molecular flexibility index (Phi) is 3.78. The van der Waals surface area contributed by atoms with Gasteiger partial charge in [-0.25, -0.2) is 8.78 Å². The molecule has 0 aromatic heterocycles. The fourth-order valence-electron chi connectivity index (χ4n) is 3.08. The number of halogens is 2. The zero-order valence-corrected chi connectivity index (χ0v) is 11.7. The van der Waals surface area contributed by atoms with Crippen LogP contribution in [0.3, 0.4) is 0 Å². The van der Waals surface area contributed by atoms with Gasteiger partial charge < -0.3 is 10.6 Å². The molecule has 1 atom stereocenters. The van der Waals surface area contributed by atoms with Gasteiger partial charge in [0.15, 0.2) is 11.6 Å². The third-order valence-electron chi connectivity index (χ3n) is 4.01. The summed E-state index contributed by atoms with van der Waals surface area (Å²) in [4.78, 5) is 1.84. The van der Waals surface area contributed by atoms with Gasteiger partial charge in [-0.3, -0.25) is 0 Å². The van der Waals surface area contributed by atoms with Crippen LogP contribution in [0.15, 0.2) is 42.5 Å². The van der Waals surface area contributed by atoms with E-state index in [4.69, 9.17) is 5.73 Å². The predicted octanol–water partition coefficient (Wildman–Crippen LogP) is 4.28. The first-order valence-corrected chi connectivity index (χ1v) is 7.23. The molecule has 0 amide bonds. The molecule has 2 aromatic carbocycles. The minimum Gasteiger partial charge on any atom is -0.399 e. The molecular formula is C17H18F2N2. The maximum absolute atomic E-state index is 14.2. The van der Waals surface area contributed by atoms with Crippen molar-refractivity contribution < 1.29 is 8.78 Å². The van der Waals surface area contributed by atoms with Crippen LogP contribution in [0, 0.1) is 11.6 Å². The summed E-state index contributed by atoms with van der Waals surface area (Å²) in [6.07, 6.45) is 2.90. The molecule has 2 nitrogen and oxygen atoms in total. The summed E-state index contributed by atoms with van der Waals surface area (Å²) >= 11 is 0.